The largest absolute Gasteiger partial charge is 0.378 e. The molecule has 3 aliphatic heterocycles. The van der Waals surface area contributed by atoms with Gasteiger partial charge in [0.25, 0.3) is 11.8 Å². The fraction of sp³-hybridized carbons (Fsp3) is 0.737. The smallest absolute Gasteiger partial charge is 0.289 e. The number of imidazole rings is 1. The predicted octanol–water partition coefficient (Wildman–Crippen LogP) is 1.56. The quantitative estimate of drug-likeness (QED) is 0.803. The van der Waals surface area contributed by atoms with Gasteiger partial charge in [0, 0.05) is 32.7 Å². The molecule has 1 aromatic heterocycles. The number of hydrogen-bond acceptors (Lipinski definition) is 4. The van der Waals surface area contributed by atoms with Gasteiger partial charge < -0.3 is 19.1 Å². The number of hydrogen-bond donors (Lipinski definition) is 0. The van der Waals surface area contributed by atoms with Crippen LogP contribution in [0, 0.1) is 5.92 Å². The lowest BCUT2D eigenvalue weighted by molar-refractivity contribution is 0.0298. The zero-order valence-electron chi connectivity index (χ0n) is 15.6. The van der Waals surface area contributed by atoms with Crippen molar-refractivity contribution in [3.8, 4) is 0 Å². The summed E-state index contributed by atoms with van der Waals surface area (Å²) >= 11 is 0. The summed E-state index contributed by atoms with van der Waals surface area (Å²) in [6, 6.07) is 0. The van der Waals surface area contributed by atoms with Crippen LogP contribution in [0.5, 0.6) is 0 Å². The average molecular weight is 360 g/mol. The number of morpholine rings is 1. The molecule has 1 aromatic rings. The molecule has 0 aromatic carbocycles. The van der Waals surface area contributed by atoms with Crippen LogP contribution >= 0.6 is 0 Å². The summed E-state index contributed by atoms with van der Waals surface area (Å²) < 4.78 is 7.36. The van der Waals surface area contributed by atoms with E-state index in [9.17, 15) is 9.59 Å². The number of likely N-dealkylation sites (tertiary alicyclic amines) is 1. The van der Waals surface area contributed by atoms with E-state index in [2.05, 4.69) is 11.9 Å². The topological polar surface area (TPSA) is 67.7 Å². The van der Waals surface area contributed by atoms with Crippen LogP contribution in [0.1, 0.15) is 59.4 Å². The summed E-state index contributed by atoms with van der Waals surface area (Å²) in [5.74, 6) is 1.07. The Hall–Kier alpha value is -1.89. The molecule has 0 N–H and O–H groups in total. The molecule has 0 radical (unpaired) electrons. The molecule has 0 bridgehead atoms. The molecule has 0 aliphatic carbocycles. The number of aromatic nitrogens is 2. The molecule has 0 atom stereocenters. The highest BCUT2D eigenvalue weighted by molar-refractivity contribution is 5.97. The number of piperidine rings is 1. The minimum atomic E-state index is -0.0507. The summed E-state index contributed by atoms with van der Waals surface area (Å²) in [6.07, 6.45) is 4.98. The van der Waals surface area contributed by atoms with Gasteiger partial charge in [0.1, 0.15) is 5.69 Å². The highest BCUT2D eigenvalue weighted by Crippen LogP contribution is 2.25. The molecule has 2 saturated heterocycles. The first-order chi connectivity index (χ1) is 12.6. The maximum Gasteiger partial charge on any atom is 0.289 e. The van der Waals surface area contributed by atoms with Crippen LogP contribution in [0.2, 0.25) is 0 Å². The first kappa shape index (κ1) is 17.5. The van der Waals surface area contributed by atoms with Crippen molar-refractivity contribution in [2.75, 3.05) is 39.4 Å². The Labute approximate surface area is 154 Å². The summed E-state index contributed by atoms with van der Waals surface area (Å²) in [4.78, 5) is 34.4. The van der Waals surface area contributed by atoms with Crippen LogP contribution in [0.4, 0.5) is 0 Å². The van der Waals surface area contributed by atoms with Crippen LogP contribution in [0.3, 0.4) is 0 Å². The van der Waals surface area contributed by atoms with Crippen LogP contribution in [-0.4, -0.2) is 70.6 Å². The minimum Gasteiger partial charge on any atom is -0.378 e. The van der Waals surface area contributed by atoms with Crippen molar-refractivity contribution in [1.82, 2.24) is 19.4 Å². The molecule has 3 aliphatic rings. The van der Waals surface area contributed by atoms with Gasteiger partial charge in [0.2, 0.25) is 0 Å². The van der Waals surface area contributed by atoms with Crippen LogP contribution in [-0.2, 0) is 17.7 Å². The number of carbonyl (C=O) groups is 2. The Bertz CT molecular complexity index is 685. The van der Waals surface area contributed by atoms with E-state index in [0.29, 0.717) is 43.7 Å². The second kappa shape index (κ2) is 7.39. The predicted molar refractivity (Wildman–Crippen MR) is 96.2 cm³/mol. The number of nitrogens with zero attached hydrogens (tertiary/aromatic N) is 4. The Morgan fingerprint density at radius 3 is 2.38 bits per heavy atom. The second-order valence-corrected chi connectivity index (χ2v) is 7.72. The number of rotatable bonds is 2. The molecule has 7 nitrogen and oxygen atoms in total. The van der Waals surface area contributed by atoms with Gasteiger partial charge in [-0.25, -0.2) is 4.98 Å². The molecule has 2 amide bonds. The van der Waals surface area contributed by atoms with Gasteiger partial charge in [-0.05, 0) is 38.0 Å². The lowest BCUT2D eigenvalue weighted by atomic mass is 9.99. The molecule has 2 fully saturated rings. The lowest BCUT2D eigenvalue weighted by Gasteiger charge is -2.30. The normalized spacial score (nSPS) is 21.6. The van der Waals surface area contributed by atoms with Crippen molar-refractivity contribution >= 4 is 11.8 Å². The first-order valence-corrected chi connectivity index (χ1v) is 9.91. The summed E-state index contributed by atoms with van der Waals surface area (Å²) in [7, 11) is 0. The third-order valence-corrected chi connectivity index (χ3v) is 5.88. The van der Waals surface area contributed by atoms with Gasteiger partial charge in [-0.3, -0.25) is 9.59 Å². The Morgan fingerprint density at radius 2 is 1.65 bits per heavy atom. The number of amides is 2. The fourth-order valence-electron chi connectivity index (χ4n) is 4.15. The third-order valence-electron chi connectivity index (χ3n) is 5.88. The third kappa shape index (κ3) is 3.24. The van der Waals surface area contributed by atoms with Crippen LogP contribution in [0.15, 0.2) is 0 Å². The molecule has 26 heavy (non-hydrogen) atoms. The Morgan fingerprint density at radius 1 is 0.962 bits per heavy atom. The van der Waals surface area contributed by atoms with Gasteiger partial charge in [-0.2, -0.15) is 0 Å². The van der Waals surface area contributed by atoms with Crippen LogP contribution < -0.4 is 0 Å². The van der Waals surface area contributed by atoms with Gasteiger partial charge >= 0.3 is 0 Å². The van der Waals surface area contributed by atoms with Crippen molar-refractivity contribution in [3.05, 3.63) is 17.2 Å². The number of carbonyl (C=O) groups excluding carboxylic acids is 2. The molecule has 142 valence electrons. The zero-order valence-corrected chi connectivity index (χ0v) is 15.6. The SMILES string of the molecule is CC1CCN(C(=O)c2nc(C(=O)N3CCOCC3)c3n2CCCC3)CC1. The Kier molecular flexibility index (Phi) is 4.98. The minimum absolute atomic E-state index is 0.0129. The van der Waals surface area contributed by atoms with Crippen molar-refractivity contribution < 1.29 is 14.3 Å². The van der Waals surface area contributed by atoms with E-state index in [1.165, 1.54) is 0 Å². The van der Waals surface area contributed by atoms with Crippen molar-refractivity contribution in [3.63, 3.8) is 0 Å². The standard InChI is InChI=1S/C19H28N4O3/c1-14-5-8-21(9-6-14)19(25)17-20-16(15-4-2-3-7-23(15)17)18(24)22-10-12-26-13-11-22/h14H,2-13H2,1H3. The zero-order chi connectivity index (χ0) is 18.1. The Balaban J connectivity index is 1.62. The summed E-state index contributed by atoms with van der Waals surface area (Å²) in [6.45, 7) is 6.92. The van der Waals surface area contributed by atoms with Crippen molar-refractivity contribution in [1.29, 1.82) is 0 Å². The number of fused-ring (bicyclic) bond motifs is 1. The summed E-state index contributed by atoms with van der Waals surface area (Å²) in [5, 5.41) is 0. The molecule has 4 rings (SSSR count). The van der Waals surface area contributed by atoms with E-state index in [-0.39, 0.29) is 11.8 Å². The maximum atomic E-state index is 13.1. The molecule has 0 spiro atoms. The highest BCUT2D eigenvalue weighted by atomic mass is 16.5. The first-order valence-electron chi connectivity index (χ1n) is 9.91. The van der Waals surface area contributed by atoms with Gasteiger partial charge in [0.05, 0.1) is 18.9 Å². The van der Waals surface area contributed by atoms with E-state index in [0.717, 1.165) is 57.4 Å². The van der Waals surface area contributed by atoms with Crippen LogP contribution in [0.25, 0.3) is 0 Å². The highest BCUT2D eigenvalue weighted by Gasteiger charge is 2.32. The van der Waals surface area contributed by atoms with Gasteiger partial charge in [0.15, 0.2) is 5.82 Å². The van der Waals surface area contributed by atoms with Gasteiger partial charge in [-0.1, -0.05) is 6.92 Å². The summed E-state index contributed by atoms with van der Waals surface area (Å²) in [5.41, 5.74) is 1.43. The van der Waals surface area contributed by atoms with Crippen molar-refractivity contribution in [2.24, 2.45) is 5.92 Å². The molecule has 7 heteroatoms. The van der Waals surface area contributed by atoms with E-state index < -0.39 is 0 Å². The van der Waals surface area contributed by atoms with Crippen molar-refractivity contribution in [2.45, 2.75) is 45.6 Å². The second-order valence-electron chi connectivity index (χ2n) is 7.72. The molecule has 0 unspecified atom stereocenters. The fourth-order valence-corrected chi connectivity index (χ4v) is 4.15. The number of ether oxygens (including phenoxy) is 1. The maximum absolute atomic E-state index is 13.1. The van der Waals surface area contributed by atoms with E-state index >= 15 is 0 Å². The molecular weight excluding hydrogens is 332 g/mol. The van der Waals surface area contributed by atoms with E-state index in [1.54, 1.807) is 4.90 Å². The molecular formula is C19H28N4O3. The van der Waals surface area contributed by atoms with E-state index in [4.69, 9.17) is 4.74 Å². The lowest BCUT2D eigenvalue weighted by Crippen LogP contribution is -2.41. The molecule has 0 saturated carbocycles. The van der Waals surface area contributed by atoms with E-state index in [1.807, 2.05) is 9.47 Å². The molecule has 4 heterocycles. The monoisotopic (exact) mass is 360 g/mol. The average Bonchev–Trinajstić information content (AvgIpc) is 3.08. The van der Waals surface area contributed by atoms with Gasteiger partial charge in [-0.15, -0.1) is 0 Å².